The molecule has 5 rings (SSSR count). The lowest BCUT2D eigenvalue weighted by Gasteiger charge is -2.13. The second-order valence-corrected chi connectivity index (χ2v) is 8.06. The maximum atomic E-state index is 12.6. The van der Waals surface area contributed by atoms with E-state index in [-0.39, 0.29) is 5.91 Å². The molecule has 5 aromatic rings. The van der Waals surface area contributed by atoms with E-state index in [4.69, 9.17) is 4.98 Å². The van der Waals surface area contributed by atoms with Crippen molar-refractivity contribution in [1.82, 2.24) is 14.9 Å². The van der Waals surface area contributed by atoms with Gasteiger partial charge in [0.05, 0.1) is 11.0 Å². The van der Waals surface area contributed by atoms with E-state index < -0.39 is 0 Å². The molecule has 4 nitrogen and oxygen atoms in total. The normalized spacial score (nSPS) is 11.2. The lowest BCUT2D eigenvalue weighted by atomic mass is 10.0. The molecule has 0 unspecified atom stereocenters. The fourth-order valence-electron chi connectivity index (χ4n) is 4.30. The van der Waals surface area contributed by atoms with Gasteiger partial charge < -0.3 is 9.88 Å². The monoisotopic (exact) mass is 419 g/mol. The Kier molecular flexibility index (Phi) is 5.42. The number of aryl methyl sites for hydroxylation is 1. The molecule has 0 aliphatic carbocycles. The summed E-state index contributed by atoms with van der Waals surface area (Å²) in [6, 6.07) is 30.8. The van der Waals surface area contributed by atoms with Crippen molar-refractivity contribution < 1.29 is 4.79 Å². The average molecular weight is 420 g/mol. The molecule has 1 heterocycles. The molecule has 0 aliphatic rings. The van der Waals surface area contributed by atoms with Gasteiger partial charge in [-0.1, -0.05) is 72.8 Å². The second-order valence-electron chi connectivity index (χ2n) is 8.06. The van der Waals surface area contributed by atoms with E-state index in [0.717, 1.165) is 34.5 Å². The van der Waals surface area contributed by atoms with Gasteiger partial charge in [-0.2, -0.15) is 0 Å². The fourth-order valence-corrected chi connectivity index (χ4v) is 4.30. The molecule has 0 atom stereocenters. The summed E-state index contributed by atoms with van der Waals surface area (Å²) in [5.41, 5.74) is 5.05. The summed E-state index contributed by atoms with van der Waals surface area (Å²) in [6.07, 6.45) is 0.664. The average Bonchev–Trinajstić information content (AvgIpc) is 3.17. The number of imidazole rings is 1. The number of para-hydroxylation sites is 2. The number of hydrogen-bond donors (Lipinski definition) is 1. The van der Waals surface area contributed by atoms with Crippen molar-refractivity contribution in [2.75, 3.05) is 6.54 Å². The summed E-state index contributed by atoms with van der Waals surface area (Å²) < 4.78 is 2.27. The van der Waals surface area contributed by atoms with Crippen molar-refractivity contribution in [3.63, 3.8) is 0 Å². The Morgan fingerprint density at radius 2 is 1.62 bits per heavy atom. The molecular formula is C28H25N3O. The van der Waals surface area contributed by atoms with Gasteiger partial charge in [-0.3, -0.25) is 4.79 Å². The van der Waals surface area contributed by atoms with Crippen molar-refractivity contribution in [1.29, 1.82) is 0 Å². The highest BCUT2D eigenvalue weighted by Crippen LogP contribution is 2.23. The van der Waals surface area contributed by atoms with Crippen LogP contribution in [0.15, 0.2) is 91.0 Å². The van der Waals surface area contributed by atoms with Gasteiger partial charge in [0.15, 0.2) is 0 Å². The lowest BCUT2D eigenvalue weighted by Crippen LogP contribution is -2.27. The van der Waals surface area contributed by atoms with E-state index in [9.17, 15) is 4.79 Å². The summed E-state index contributed by atoms with van der Waals surface area (Å²) in [5.74, 6) is 0.934. The first-order valence-electron chi connectivity index (χ1n) is 11.0. The molecule has 0 aliphatic heterocycles. The van der Waals surface area contributed by atoms with E-state index in [2.05, 4.69) is 58.4 Å². The van der Waals surface area contributed by atoms with Gasteiger partial charge in [-0.25, -0.2) is 4.98 Å². The molecule has 1 amide bonds. The number of hydrogen-bond acceptors (Lipinski definition) is 2. The van der Waals surface area contributed by atoms with Crippen LogP contribution in [0.1, 0.15) is 27.3 Å². The number of fused-ring (bicyclic) bond motifs is 2. The Hall–Kier alpha value is -3.92. The number of nitrogens with one attached hydrogen (secondary N) is 1. The molecule has 32 heavy (non-hydrogen) atoms. The molecule has 1 aromatic heterocycles. The minimum Gasteiger partial charge on any atom is -0.352 e. The molecule has 0 saturated carbocycles. The number of nitrogens with zero attached hydrogens (tertiary/aromatic N) is 2. The first-order chi connectivity index (χ1) is 15.7. The molecule has 0 spiro atoms. The largest absolute Gasteiger partial charge is 0.352 e. The van der Waals surface area contributed by atoms with E-state index in [1.54, 1.807) is 0 Å². The van der Waals surface area contributed by atoms with Crippen molar-refractivity contribution in [2.24, 2.45) is 0 Å². The Balaban J connectivity index is 1.42. The third-order valence-electron chi connectivity index (χ3n) is 5.97. The van der Waals surface area contributed by atoms with Gasteiger partial charge in [0.25, 0.3) is 5.91 Å². The van der Waals surface area contributed by atoms with Gasteiger partial charge in [-0.15, -0.1) is 0 Å². The van der Waals surface area contributed by atoms with Crippen LogP contribution < -0.4 is 5.32 Å². The first-order valence-corrected chi connectivity index (χ1v) is 11.0. The lowest BCUT2D eigenvalue weighted by molar-refractivity contribution is 0.0953. The first kappa shape index (κ1) is 20.0. The van der Waals surface area contributed by atoms with Crippen LogP contribution >= 0.6 is 0 Å². The summed E-state index contributed by atoms with van der Waals surface area (Å²) in [4.78, 5) is 17.5. The Morgan fingerprint density at radius 3 is 2.53 bits per heavy atom. The molecule has 0 bridgehead atoms. The molecule has 0 radical (unpaired) electrons. The van der Waals surface area contributed by atoms with Crippen LogP contribution in [0.4, 0.5) is 0 Å². The third-order valence-corrected chi connectivity index (χ3v) is 5.97. The summed E-state index contributed by atoms with van der Waals surface area (Å²) >= 11 is 0. The van der Waals surface area contributed by atoms with Gasteiger partial charge in [0, 0.05) is 25.1 Å². The number of aromatic nitrogens is 2. The molecule has 1 N–H and O–H groups in total. The second kappa shape index (κ2) is 8.67. The van der Waals surface area contributed by atoms with Crippen LogP contribution in [0.25, 0.3) is 21.8 Å². The smallest absolute Gasteiger partial charge is 0.251 e. The third kappa shape index (κ3) is 3.87. The molecule has 0 fully saturated rings. The molecule has 4 aromatic carbocycles. The highest BCUT2D eigenvalue weighted by molar-refractivity contribution is 5.95. The molecular weight excluding hydrogens is 394 g/mol. The van der Waals surface area contributed by atoms with E-state index in [1.807, 2.05) is 49.4 Å². The highest BCUT2D eigenvalue weighted by Gasteiger charge is 2.13. The SMILES string of the molecule is Cc1ccccc1C(=O)NCCc1nc2ccccc2n1Cc1cccc2ccccc12. The van der Waals surface area contributed by atoms with Crippen LogP contribution in [0.5, 0.6) is 0 Å². The van der Waals surface area contributed by atoms with E-state index in [0.29, 0.717) is 13.0 Å². The summed E-state index contributed by atoms with van der Waals surface area (Å²) in [7, 11) is 0. The Bertz CT molecular complexity index is 1410. The van der Waals surface area contributed by atoms with Crippen LogP contribution in [0.3, 0.4) is 0 Å². The van der Waals surface area contributed by atoms with Crippen molar-refractivity contribution in [3.05, 3.63) is 114 Å². The zero-order valence-corrected chi connectivity index (χ0v) is 18.1. The minimum atomic E-state index is -0.0418. The Labute approximate surface area is 187 Å². The fraction of sp³-hybridized carbons (Fsp3) is 0.143. The number of amides is 1. The molecule has 158 valence electrons. The van der Waals surface area contributed by atoms with Gasteiger partial charge in [0.1, 0.15) is 5.82 Å². The van der Waals surface area contributed by atoms with Crippen LogP contribution in [-0.4, -0.2) is 22.0 Å². The van der Waals surface area contributed by atoms with E-state index in [1.165, 1.54) is 16.3 Å². The predicted molar refractivity (Wildman–Crippen MR) is 130 cm³/mol. The van der Waals surface area contributed by atoms with Crippen LogP contribution in [-0.2, 0) is 13.0 Å². The standard InChI is InChI=1S/C28H25N3O/c1-20-9-2-4-13-23(20)28(32)29-18-17-27-30-25-15-6-7-16-26(25)31(27)19-22-12-8-11-21-10-3-5-14-24(21)22/h2-16H,17-19H2,1H3,(H,29,32). The number of rotatable bonds is 6. The quantitative estimate of drug-likeness (QED) is 0.394. The zero-order valence-electron chi connectivity index (χ0n) is 18.1. The number of carbonyl (C=O) groups excluding carboxylic acids is 1. The van der Waals surface area contributed by atoms with Crippen molar-refractivity contribution in [3.8, 4) is 0 Å². The minimum absolute atomic E-state index is 0.0418. The summed E-state index contributed by atoms with van der Waals surface area (Å²) in [5, 5.41) is 5.55. The van der Waals surface area contributed by atoms with Crippen molar-refractivity contribution in [2.45, 2.75) is 19.9 Å². The van der Waals surface area contributed by atoms with E-state index >= 15 is 0 Å². The van der Waals surface area contributed by atoms with Crippen LogP contribution in [0, 0.1) is 6.92 Å². The molecule has 0 saturated heterocycles. The number of carbonyl (C=O) groups is 1. The maximum absolute atomic E-state index is 12.6. The zero-order chi connectivity index (χ0) is 21.9. The number of benzene rings is 4. The molecule has 4 heteroatoms. The van der Waals surface area contributed by atoms with Crippen LogP contribution in [0.2, 0.25) is 0 Å². The van der Waals surface area contributed by atoms with Gasteiger partial charge in [0.2, 0.25) is 0 Å². The highest BCUT2D eigenvalue weighted by atomic mass is 16.1. The maximum Gasteiger partial charge on any atom is 0.251 e. The van der Waals surface area contributed by atoms with Gasteiger partial charge in [-0.05, 0) is 47.0 Å². The topological polar surface area (TPSA) is 46.9 Å². The predicted octanol–water partition coefficient (Wildman–Crippen LogP) is 5.52. The Morgan fingerprint density at radius 1 is 0.875 bits per heavy atom. The van der Waals surface area contributed by atoms with Crippen molar-refractivity contribution >= 4 is 27.7 Å². The van der Waals surface area contributed by atoms with Gasteiger partial charge >= 0.3 is 0 Å². The summed E-state index contributed by atoms with van der Waals surface area (Å²) in [6.45, 7) is 3.23.